The number of hydrogen-bond donors (Lipinski definition) is 2. The number of ether oxygens (including phenoxy) is 2. The van der Waals surface area contributed by atoms with Crippen LogP contribution in [0.4, 0.5) is 0 Å². The molecule has 0 aromatic heterocycles. The fourth-order valence-electron chi connectivity index (χ4n) is 2.39. The van der Waals surface area contributed by atoms with Crippen molar-refractivity contribution in [2.24, 2.45) is 0 Å². The Morgan fingerprint density at radius 2 is 1.37 bits per heavy atom. The van der Waals surface area contributed by atoms with E-state index in [1.807, 2.05) is 0 Å². The van der Waals surface area contributed by atoms with Crippen LogP contribution in [-0.4, -0.2) is 35.5 Å². The zero-order chi connectivity index (χ0) is 20.2. The number of aliphatic carboxylic acids is 1. The zero-order valence-electron chi connectivity index (χ0n) is 15.6. The molecule has 0 atom stereocenters. The maximum absolute atomic E-state index is 12.3. The molecule has 1 rings (SSSR count). The Morgan fingerprint density at radius 3 is 1.89 bits per heavy atom. The molecule has 8 heteroatoms. The van der Waals surface area contributed by atoms with E-state index in [4.69, 9.17) is 14.6 Å². The van der Waals surface area contributed by atoms with Gasteiger partial charge >= 0.3 is 17.9 Å². The van der Waals surface area contributed by atoms with Crippen molar-refractivity contribution in [3.05, 3.63) is 23.8 Å². The topological polar surface area (TPSA) is 119 Å². The van der Waals surface area contributed by atoms with Gasteiger partial charge in [0.2, 0.25) is 0 Å². The maximum atomic E-state index is 12.3. The number of benzene rings is 1. The largest absolute Gasteiger partial charge is 0.481 e. The molecule has 1 aromatic carbocycles. The van der Waals surface area contributed by atoms with E-state index in [0.717, 1.165) is 25.7 Å². The average Bonchev–Trinajstić information content (AvgIpc) is 2.55. The van der Waals surface area contributed by atoms with Gasteiger partial charge in [0.25, 0.3) is 5.91 Å². The molecule has 0 bridgehead atoms. The lowest BCUT2D eigenvalue weighted by Crippen LogP contribution is -2.24. The molecule has 0 aliphatic carbocycles. The third-order valence-electron chi connectivity index (χ3n) is 3.52. The highest BCUT2D eigenvalue weighted by atomic mass is 16.5. The van der Waals surface area contributed by atoms with Crippen molar-refractivity contribution < 1.29 is 33.8 Å². The lowest BCUT2D eigenvalue weighted by Gasteiger charge is -2.10. The Labute approximate surface area is 157 Å². The van der Waals surface area contributed by atoms with Crippen LogP contribution >= 0.6 is 0 Å². The van der Waals surface area contributed by atoms with Gasteiger partial charge in [-0.1, -0.05) is 19.3 Å². The van der Waals surface area contributed by atoms with E-state index < -0.39 is 17.9 Å². The molecule has 1 aromatic rings. The molecule has 0 fully saturated rings. The molecular weight excluding hydrogens is 354 g/mol. The summed E-state index contributed by atoms with van der Waals surface area (Å²) in [7, 11) is 0. The summed E-state index contributed by atoms with van der Waals surface area (Å²) in [6, 6.07) is 4.15. The third-order valence-corrected chi connectivity index (χ3v) is 3.52. The Kier molecular flexibility index (Phi) is 9.57. The first-order chi connectivity index (χ1) is 12.8. The smallest absolute Gasteiger partial charge is 0.308 e. The van der Waals surface area contributed by atoms with Gasteiger partial charge in [0.05, 0.1) is 0 Å². The second-order valence-electron chi connectivity index (χ2n) is 6.05. The minimum Gasteiger partial charge on any atom is -0.481 e. The summed E-state index contributed by atoms with van der Waals surface area (Å²) in [6.07, 6.45) is 4.23. The highest BCUT2D eigenvalue weighted by Crippen LogP contribution is 2.23. The van der Waals surface area contributed by atoms with Crippen LogP contribution in [0, 0.1) is 0 Å². The molecule has 0 saturated carbocycles. The second kappa shape index (κ2) is 11.7. The number of carbonyl (C=O) groups is 4. The number of hydrogen-bond acceptors (Lipinski definition) is 6. The second-order valence-corrected chi connectivity index (χ2v) is 6.05. The van der Waals surface area contributed by atoms with Crippen molar-refractivity contribution in [1.29, 1.82) is 0 Å². The summed E-state index contributed by atoms with van der Waals surface area (Å²) in [5, 5.41) is 11.3. The predicted molar refractivity (Wildman–Crippen MR) is 96.7 cm³/mol. The van der Waals surface area contributed by atoms with Gasteiger partial charge in [-0.2, -0.15) is 0 Å². The predicted octanol–water partition coefficient (Wildman–Crippen LogP) is 2.69. The van der Waals surface area contributed by atoms with Crippen molar-refractivity contribution in [1.82, 2.24) is 5.32 Å². The van der Waals surface area contributed by atoms with E-state index >= 15 is 0 Å². The molecule has 0 aliphatic heterocycles. The minimum absolute atomic E-state index is 0.116. The van der Waals surface area contributed by atoms with Gasteiger partial charge in [0, 0.05) is 38.4 Å². The van der Waals surface area contributed by atoms with Crippen LogP contribution in [0.5, 0.6) is 11.5 Å². The zero-order valence-corrected chi connectivity index (χ0v) is 15.6. The molecule has 0 radical (unpaired) electrons. The highest BCUT2D eigenvalue weighted by Gasteiger charge is 2.12. The number of unbranched alkanes of at least 4 members (excludes halogenated alkanes) is 4. The molecule has 2 N–H and O–H groups in total. The molecule has 0 unspecified atom stereocenters. The Morgan fingerprint density at radius 1 is 0.852 bits per heavy atom. The van der Waals surface area contributed by atoms with E-state index in [0.29, 0.717) is 13.0 Å². The molecule has 148 valence electrons. The number of carboxylic acid groups (broad SMARTS) is 1. The Bertz CT molecular complexity index is 650. The van der Waals surface area contributed by atoms with Gasteiger partial charge < -0.3 is 19.9 Å². The molecule has 0 heterocycles. The number of rotatable bonds is 11. The summed E-state index contributed by atoms with van der Waals surface area (Å²) >= 11 is 0. The molecule has 1 amide bonds. The monoisotopic (exact) mass is 379 g/mol. The summed E-state index contributed by atoms with van der Waals surface area (Å²) in [5.41, 5.74) is 0.214. The third kappa shape index (κ3) is 9.98. The average molecular weight is 379 g/mol. The van der Waals surface area contributed by atoms with E-state index in [1.165, 1.54) is 32.0 Å². The number of amides is 1. The van der Waals surface area contributed by atoms with Crippen molar-refractivity contribution in [3.8, 4) is 11.5 Å². The van der Waals surface area contributed by atoms with Gasteiger partial charge in [0.1, 0.15) is 11.5 Å². The Hall–Kier alpha value is -2.90. The normalized spacial score (nSPS) is 10.1. The number of carboxylic acids is 1. The first-order valence-corrected chi connectivity index (χ1v) is 8.80. The van der Waals surface area contributed by atoms with Gasteiger partial charge in [-0.3, -0.25) is 19.2 Å². The van der Waals surface area contributed by atoms with Crippen molar-refractivity contribution >= 4 is 23.8 Å². The lowest BCUT2D eigenvalue weighted by atomic mass is 10.1. The Balaban J connectivity index is 2.51. The van der Waals surface area contributed by atoms with Crippen LogP contribution in [0.1, 0.15) is 62.7 Å². The molecule has 8 nitrogen and oxygen atoms in total. The summed E-state index contributed by atoms with van der Waals surface area (Å²) in [5.74, 6) is -2.03. The van der Waals surface area contributed by atoms with E-state index in [9.17, 15) is 19.2 Å². The first kappa shape index (κ1) is 22.1. The molecule has 0 aliphatic rings. The molecule has 0 saturated heterocycles. The van der Waals surface area contributed by atoms with E-state index in [-0.39, 0.29) is 29.4 Å². The number of esters is 2. The quantitative estimate of drug-likeness (QED) is 0.345. The summed E-state index contributed by atoms with van der Waals surface area (Å²) in [6.45, 7) is 2.92. The molecular formula is C19H25NO7. The fraction of sp³-hybridized carbons (Fsp3) is 0.474. The van der Waals surface area contributed by atoms with Crippen LogP contribution < -0.4 is 14.8 Å². The SMILES string of the molecule is CC(=O)Oc1cc(OC(C)=O)cc(C(=O)NCCCCCCCC(=O)O)c1. The van der Waals surface area contributed by atoms with Crippen molar-refractivity contribution in [2.75, 3.05) is 6.54 Å². The van der Waals surface area contributed by atoms with Crippen LogP contribution in [0.3, 0.4) is 0 Å². The van der Waals surface area contributed by atoms with Gasteiger partial charge in [-0.05, 0) is 25.0 Å². The fourth-order valence-corrected chi connectivity index (χ4v) is 2.39. The van der Waals surface area contributed by atoms with E-state index in [2.05, 4.69) is 5.32 Å². The maximum Gasteiger partial charge on any atom is 0.308 e. The van der Waals surface area contributed by atoms with Gasteiger partial charge in [-0.25, -0.2) is 0 Å². The van der Waals surface area contributed by atoms with Crippen molar-refractivity contribution in [3.63, 3.8) is 0 Å². The van der Waals surface area contributed by atoms with Gasteiger partial charge in [0.15, 0.2) is 0 Å². The molecule has 0 spiro atoms. The summed E-state index contributed by atoms with van der Waals surface area (Å²) < 4.78 is 9.95. The minimum atomic E-state index is -0.786. The van der Waals surface area contributed by atoms with Gasteiger partial charge in [-0.15, -0.1) is 0 Å². The van der Waals surface area contributed by atoms with Crippen molar-refractivity contribution in [2.45, 2.75) is 52.4 Å². The lowest BCUT2D eigenvalue weighted by molar-refractivity contribution is -0.137. The highest BCUT2D eigenvalue weighted by molar-refractivity contribution is 5.95. The van der Waals surface area contributed by atoms with E-state index in [1.54, 1.807) is 0 Å². The number of carbonyl (C=O) groups excluding carboxylic acids is 3. The molecule has 27 heavy (non-hydrogen) atoms. The first-order valence-electron chi connectivity index (χ1n) is 8.80. The van der Waals surface area contributed by atoms with Crippen LogP contribution in [0.2, 0.25) is 0 Å². The van der Waals surface area contributed by atoms with Crippen LogP contribution in [-0.2, 0) is 14.4 Å². The number of nitrogens with one attached hydrogen (secondary N) is 1. The standard InChI is InChI=1S/C19H25NO7/c1-13(21)26-16-10-15(11-17(12-16)27-14(2)22)19(25)20-9-7-5-3-4-6-8-18(23)24/h10-12H,3-9H2,1-2H3,(H,20,25)(H,23,24). The summed E-state index contributed by atoms with van der Waals surface area (Å²) in [4.78, 5) is 44.9. The van der Waals surface area contributed by atoms with Crippen LogP contribution in [0.25, 0.3) is 0 Å². The van der Waals surface area contributed by atoms with Crippen LogP contribution in [0.15, 0.2) is 18.2 Å².